The van der Waals surface area contributed by atoms with E-state index in [1.165, 1.54) is 24.8 Å². The molecular formula is C15H21BrO. The molecule has 0 aromatic heterocycles. The highest BCUT2D eigenvalue weighted by Gasteiger charge is 2.22. The van der Waals surface area contributed by atoms with Gasteiger partial charge in [-0.15, -0.1) is 0 Å². The molecule has 0 N–H and O–H groups in total. The molecule has 2 heteroatoms. The molecule has 2 atom stereocenters. The quantitative estimate of drug-likeness (QED) is 0.723. The van der Waals surface area contributed by atoms with E-state index in [2.05, 4.69) is 54.0 Å². The molecule has 1 heterocycles. The molecule has 0 aliphatic carbocycles. The molecule has 2 unspecified atom stereocenters. The molecule has 0 saturated heterocycles. The third-order valence-electron chi connectivity index (χ3n) is 3.44. The van der Waals surface area contributed by atoms with Gasteiger partial charge in [0.25, 0.3) is 0 Å². The molecule has 0 amide bonds. The highest BCUT2D eigenvalue weighted by molar-refractivity contribution is 9.09. The topological polar surface area (TPSA) is 9.23 Å². The summed E-state index contributed by atoms with van der Waals surface area (Å²) in [5, 5.41) is 0. The number of benzene rings is 1. The van der Waals surface area contributed by atoms with Crippen LogP contribution in [0.2, 0.25) is 0 Å². The lowest BCUT2D eigenvalue weighted by Gasteiger charge is -2.15. The van der Waals surface area contributed by atoms with Gasteiger partial charge in [-0.3, -0.25) is 0 Å². The summed E-state index contributed by atoms with van der Waals surface area (Å²) in [5.74, 6) is 1.81. The second kappa shape index (κ2) is 5.90. The fraction of sp³-hybridized carbons (Fsp3) is 0.600. The molecule has 1 nitrogen and oxygen atoms in total. The SMILES string of the molecule is CC(C)C(Br)CCCC1Cc2ccccc2O1. The largest absolute Gasteiger partial charge is 0.490 e. The van der Waals surface area contributed by atoms with Gasteiger partial charge in [-0.1, -0.05) is 48.0 Å². The van der Waals surface area contributed by atoms with Gasteiger partial charge in [0.1, 0.15) is 11.9 Å². The third kappa shape index (κ3) is 3.48. The van der Waals surface area contributed by atoms with Gasteiger partial charge in [0.05, 0.1) is 0 Å². The van der Waals surface area contributed by atoms with Crippen LogP contribution in [0.4, 0.5) is 0 Å². The van der Waals surface area contributed by atoms with E-state index in [-0.39, 0.29) is 0 Å². The first-order chi connectivity index (χ1) is 8.16. The molecule has 0 bridgehead atoms. The molecule has 1 aliphatic rings. The van der Waals surface area contributed by atoms with E-state index in [4.69, 9.17) is 4.74 Å². The Morgan fingerprint density at radius 1 is 1.35 bits per heavy atom. The van der Waals surface area contributed by atoms with Gasteiger partial charge in [0.15, 0.2) is 0 Å². The smallest absolute Gasteiger partial charge is 0.123 e. The van der Waals surface area contributed by atoms with E-state index in [0.29, 0.717) is 10.9 Å². The summed E-state index contributed by atoms with van der Waals surface area (Å²) in [5.41, 5.74) is 1.37. The van der Waals surface area contributed by atoms with Crippen molar-refractivity contribution in [3.05, 3.63) is 29.8 Å². The van der Waals surface area contributed by atoms with Crippen LogP contribution in [0.15, 0.2) is 24.3 Å². The molecule has 0 saturated carbocycles. The van der Waals surface area contributed by atoms with Crippen molar-refractivity contribution in [3.63, 3.8) is 0 Å². The number of halogens is 1. The summed E-state index contributed by atoms with van der Waals surface area (Å²) in [4.78, 5) is 0.645. The van der Waals surface area contributed by atoms with Gasteiger partial charge in [-0.2, -0.15) is 0 Å². The normalized spacial score (nSPS) is 20.1. The van der Waals surface area contributed by atoms with Gasteiger partial charge in [0.2, 0.25) is 0 Å². The molecular weight excluding hydrogens is 276 g/mol. The number of para-hydroxylation sites is 1. The summed E-state index contributed by atoms with van der Waals surface area (Å²) in [6.07, 6.45) is 5.15. The minimum atomic E-state index is 0.402. The molecule has 2 rings (SSSR count). The first-order valence-corrected chi connectivity index (χ1v) is 7.47. The zero-order valence-electron chi connectivity index (χ0n) is 10.7. The Bertz CT molecular complexity index is 337. The van der Waals surface area contributed by atoms with Crippen molar-refractivity contribution in [2.75, 3.05) is 0 Å². The summed E-state index contributed by atoms with van der Waals surface area (Å²) < 4.78 is 5.93. The summed E-state index contributed by atoms with van der Waals surface area (Å²) in [7, 11) is 0. The zero-order valence-corrected chi connectivity index (χ0v) is 12.2. The number of ether oxygens (including phenoxy) is 1. The van der Waals surface area contributed by atoms with Crippen molar-refractivity contribution >= 4 is 15.9 Å². The van der Waals surface area contributed by atoms with Gasteiger partial charge >= 0.3 is 0 Å². The average molecular weight is 297 g/mol. The van der Waals surface area contributed by atoms with Crippen LogP contribution in [0, 0.1) is 5.92 Å². The Kier molecular flexibility index (Phi) is 4.49. The van der Waals surface area contributed by atoms with Crippen LogP contribution in [0.25, 0.3) is 0 Å². The van der Waals surface area contributed by atoms with Crippen molar-refractivity contribution in [2.45, 2.75) is 50.5 Å². The molecule has 1 aromatic carbocycles. The molecule has 0 radical (unpaired) electrons. The number of hydrogen-bond acceptors (Lipinski definition) is 1. The maximum atomic E-state index is 5.93. The van der Waals surface area contributed by atoms with E-state index in [1.54, 1.807) is 0 Å². The lowest BCUT2D eigenvalue weighted by molar-refractivity contribution is 0.216. The van der Waals surface area contributed by atoms with Crippen LogP contribution in [-0.2, 0) is 6.42 Å². The summed E-state index contributed by atoms with van der Waals surface area (Å²) in [6, 6.07) is 8.40. The van der Waals surface area contributed by atoms with Crippen molar-refractivity contribution in [1.29, 1.82) is 0 Å². The van der Waals surface area contributed by atoms with Crippen LogP contribution >= 0.6 is 15.9 Å². The first kappa shape index (κ1) is 12.9. The minimum Gasteiger partial charge on any atom is -0.490 e. The van der Waals surface area contributed by atoms with Gasteiger partial charge in [-0.05, 0) is 36.8 Å². The fourth-order valence-corrected chi connectivity index (χ4v) is 2.61. The Hall–Kier alpha value is -0.500. The summed E-state index contributed by atoms with van der Waals surface area (Å²) in [6.45, 7) is 4.53. The fourth-order valence-electron chi connectivity index (χ4n) is 2.29. The third-order valence-corrected chi connectivity index (χ3v) is 4.96. The van der Waals surface area contributed by atoms with Crippen LogP contribution in [-0.4, -0.2) is 10.9 Å². The van der Waals surface area contributed by atoms with E-state index >= 15 is 0 Å². The van der Waals surface area contributed by atoms with E-state index in [0.717, 1.165) is 18.1 Å². The number of alkyl halides is 1. The maximum Gasteiger partial charge on any atom is 0.123 e. The highest BCUT2D eigenvalue weighted by Crippen LogP contribution is 2.30. The predicted octanol–water partition coefficient (Wildman–Crippen LogP) is 4.58. The van der Waals surface area contributed by atoms with Crippen LogP contribution in [0.5, 0.6) is 5.75 Å². The van der Waals surface area contributed by atoms with Gasteiger partial charge in [-0.25, -0.2) is 0 Å². The molecule has 1 aromatic rings. The maximum absolute atomic E-state index is 5.93. The molecule has 0 spiro atoms. The van der Waals surface area contributed by atoms with Crippen molar-refractivity contribution in [3.8, 4) is 5.75 Å². The van der Waals surface area contributed by atoms with Crippen LogP contribution in [0.1, 0.15) is 38.7 Å². The van der Waals surface area contributed by atoms with E-state index < -0.39 is 0 Å². The van der Waals surface area contributed by atoms with Crippen molar-refractivity contribution < 1.29 is 4.74 Å². The van der Waals surface area contributed by atoms with Crippen molar-refractivity contribution in [1.82, 2.24) is 0 Å². The molecule has 17 heavy (non-hydrogen) atoms. The highest BCUT2D eigenvalue weighted by atomic mass is 79.9. The Labute approximate surface area is 113 Å². The molecule has 0 fully saturated rings. The monoisotopic (exact) mass is 296 g/mol. The summed E-state index contributed by atoms with van der Waals surface area (Å²) >= 11 is 3.74. The second-order valence-electron chi connectivity index (χ2n) is 5.24. The van der Waals surface area contributed by atoms with E-state index in [1.807, 2.05) is 0 Å². The lowest BCUT2D eigenvalue weighted by Crippen LogP contribution is -2.14. The van der Waals surface area contributed by atoms with Gasteiger partial charge < -0.3 is 4.74 Å². The number of rotatable bonds is 5. The minimum absolute atomic E-state index is 0.402. The predicted molar refractivity (Wildman–Crippen MR) is 76.0 cm³/mol. The Balaban J connectivity index is 1.73. The van der Waals surface area contributed by atoms with Crippen molar-refractivity contribution in [2.24, 2.45) is 5.92 Å². The Morgan fingerprint density at radius 3 is 2.82 bits per heavy atom. The number of fused-ring (bicyclic) bond motifs is 1. The molecule has 1 aliphatic heterocycles. The number of hydrogen-bond donors (Lipinski definition) is 0. The first-order valence-electron chi connectivity index (χ1n) is 6.55. The van der Waals surface area contributed by atoms with Crippen LogP contribution < -0.4 is 4.74 Å². The van der Waals surface area contributed by atoms with Crippen LogP contribution in [0.3, 0.4) is 0 Å². The lowest BCUT2D eigenvalue weighted by atomic mass is 10.0. The standard InChI is InChI=1S/C15H21BrO/c1-11(2)14(16)8-5-7-13-10-12-6-3-4-9-15(12)17-13/h3-4,6,9,11,13-14H,5,7-8,10H2,1-2H3. The molecule has 94 valence electrons. The van der Waals surface area contributed by atoms with Gasteiger partial charge in [0, 0.05) is 11.2 Å². The zero-order chi connectivity index (χ0) is 12.3. The average Bonchev–Trinajstić information content (AvgIpc) is 2.71. The second-order valence-corrected chi connectivity index (χ2v) is 6.42. The Morgan fingerprint density at radius 2 is 2.12 bits per heavy atom. The van der Waals surface area contributed by atoms with E-state index in [9.17, 15) is 0 Å².